The first-order valence-electron chi connectivity index (χ1n) is 4.36. The minimum atomic E-state index is -1.11. The quantitative estimate of drug-likeness (QED) is 0.507. The van der Waals surface area contributed by atoms with Gasteiger partial charge in [0.2, 0.25) is 0 Å². The minimum absolute atomic E-state index is 0.406. The van der Waals surface area contributed by atoms with Gasteiger partial charge >= 0.3 is 0 Å². The molecule has 1 unspecified atom stereocenters. The van der Waals surface area contributed by atoms with Crippen LogP contribution in [0.2, 0.25) is 0 Å². The van der Waals surface area contributed by atoms with E-state index in [1.165, 1.54) is 5.75 Å². The first-order chi connectivity index (χ1) is 6.64. The van der Waals surface area contributed by atoms with E-state index in [4.69, 9.17) is 20.4 Å². The van der Waals surface area contributed by atoms with Gasteiger partial charge in [0.05, 0.1) is 31.8 Å². The smallest absolute Gasteiger partial charge is 0.0627 e. The van der Waals surface area contributed by atoms with Crippen molar-refractivity contribution < 1.29 is 20.4 Å². The van der Waals surface area contributed by atoms with Crippen molar-refractivity contribution in [2.75, 3.05) is 32.2 Å². The van der Waals surface area contributed by atoms with Gasteiger partial charge in [0.25, 0.3) is 0 Å². The van der Waals surface area contributed by atoms with E-state index in [1.54, 1.807) is 0 Å². The van der Waals surface area contributed by atoms with Crippen LogP contribution in [-0.2, 0) is 0 Å². The van der Waals surface area contributed by atoms with E-state index in [0.29, 0.717) is 0 Å². The van der Waals surface area contributed by atoms with Crippen LogP contribution >= 0.6 is 21.6 Å². The number of aliphatic hydroxyl groups excluding tert-OH is 4. The van der Waals surface area contributed by atoms with E-state index < -0.39 is 31.8 Å². The summed E-state index contributed by atoms with van der Waals surface area (Å²) in [4.78, 5) is 0. The zero-order chi connectivity index (χ0) is 11.0. The van der Waals surface area contributed by atoms with E-state index in [1.807, 2.05) is 21.6 Å². The summed E-state index contributed by atoms with van der Waals surface area (Å²) in [7, 11) is 3.94. The maximum Gasteiger partial charge on any atom is 0.0627 e. The van der Waals surface area contributed by atoms with E-state index in [0.717, 1.165) is 5.25 Å². The monoisotopic (exact) mass is 242 g/mol. The van der Waals surface area contributed by atoms with Crippen molar-refractivity contribution in [3.05, 3.63) is 0 Å². The summed E-state index contributed by atoms with van der Waals surface area (Å²) in [6.45, 7) is 0.626. The summed E-state index contributed by atoms with van der Waals surface area (Å²) in [6, 6.07) is 0. The van der Waals surface area contributed by atoms with Crippen LogP contribution in [0.3, 0.4) is 0 Å². The molecule has 0 aromatic heterocycles. The summed E-state index contributed by atoms with van der Waals surface area (Å²) >= 11 is 0. The van der Waals surface area contributed by atoms with Gasteiger partial charge in [-0.05, 0) is 0 Å². The van der Waals surface area contributed by atoms with E-state index in [9.17, 15) is 0 Å². The highest BCUT2D eigenvalue weighted by atomic mass is 33.1. The molecule has 1 atom stereocenters. The highest BCUT2D eigenvalue weighted by molar-refractivity contribution is 8.79. The Kier molecular flexibility index (Phi) is 8.08. The van der Waals surface area contributed by atoms with Crippen molar-refractivity contribution in [2.24, 2.45) is 5.41 Å². The molecule has 0 aliphatic carbocycles. The molecule has 86 valence electrons. The maximum absolute atomic E-state index is 8.50. The van der Waals surface area contributed by atoms with E-state index in [-0.39, 0.29) is 0 Å². The molecule has 0 amide bonds. The number of hydrogen-bond donors (Lipinski definition) is 4. The lowest BCUT2D eigenvalue weighted by molar-refractivity contribution is -0.0328. The van der Waals surface area contributed by atoms with Gasteiger partial charge < -0.3 is 20.4 Å². The molecular formula is C8H18O4S2. The molecule has 1 aliphatic rings. The molecule has 0 spiro atoms. The highest BCUT2D eigenvalue weighted by Gasteiger charge is 2.26. The van der Waals surface area contributed by atoms with E-state index in [2.05, 4.69) is 6.92 Å². The Bertz CT molecular complexity index is 120. The third-order valence-corrected chi connectivity index (χ3v) is 5.16. The fourth-order valence-corrected chi connectivity index (χ4v) is 2.14. The third-order valence-electron chi connectivity index (χ3n) is 1.88. The first-order valence-corrected chi connectivity index (χ1v) is 6.74. The topological polar surface area (TPSA) is 80.9 Å². The van der Waals surface area contributed by atoms with Crippen LogP contribution in [0.25, 0.3) is 0 Å². The van der Waals surface area contributed by atoms with Crippen molar-refractivity contribution in [1.29, 1.82) is 0 Å². The summed E-state index contributed by atoms with van der Waals surface area (Å²) in [5, 5.41) is 34.9. The van der Waals surface area contributed by atoms with E-state index >= 15 is 0 Å². The average Bonchev–Trinajstić information content (AvgIpc) is 2.20. The summed E-state index contributed by atoms with van der Waals surface area (Å²) in [5.74, 6) is 1.37. The van der Waals surface area contributed by atoms with Gasteiger partial charge in [-0.3, -0.25) is 0 Å². The van der Waals surface area contributed by atoms with Crippen molar-refractivity contribution in [3.63, 3.8) is 0 Å². The predicted molar refractivity (Wildman–Crippen MR) is 60.3 cm³/mol. The SMILES string of the molecule is CC1CSS1.OCC(CO)(CO)CO. The zero-order valence-electron chi connectivity index (χ0n) is 8.22. The lowest BCUT2D eigenvalue weighted by atomic mass is 9.93. The van der Waals surface area contributed by atoms with Crippen LogP contribution in [-0.4, -0.2) is 57.9 Å². The molecule has 6 heteroatoms. The largest absolute Gasteiger partial charge is 0.396 e. The second kappa shape index (κ2) is 7.78. The molecule has 0 aromatic carbocycles. The van der Waals surface area contributed by atoms with Gasteiger partial charge in [-0.2, -0.15) is 0 Å². The molecule has 0 bridgehead atoms. The minimum Gasteiger partial charge on any atom is -0.396 e. The van der Waals surface area contributed by atoms with Gasteiger partial charge in [-0.25, -0.2) is 0 Å². The number of aliphatic hydroxyl groups is 4. The highest BCUT2D eigenvalue weighted by Crippen LogP contribution is 2.39. The Balaban J connectivity index is 0.000000280. The summed E-state index contributed by atoms with van der Waals surface area (Å²) in [5.41, 5.74) is -1.11. The molecule has 0 aromatic rings. The van der Waals surface area contributed by atoms with Gasteiger partial charge in [-0.1, -0.05) is 28.5 Å². The molecule has 1 saturated heterocycles. The lowest BCUT2D eigenvalue weighted by Gasteiger charge is -2.23. The van der Waals surface area contributed by atoms with Gasteiger partial charge in [0.1, 0.15) is 0 Å². The molecular weight excluding hydrogens is 224 g/mol. The fourth-order valence-electron chi connectivity index (χ4n) is 0.504. The maximum atomic E-state index is 8.50. The summed E-state index contributed by atoms with van der Waals surface area (Å²) in [6.07, 6.45) is 0. The van der Waals surface area contributed by atoms with Crippen molar-refractivity contribution in [3.8, 4) is 0 Å². The van der Waals surface area contributed by atoms with Crippen LogP contribution in [0.4, 0.5) is 0 Å². The fraction of sp³-hybridized carbons (Fsp3) is 1.00. The van der Waals surface area contributed by atoms with Gasteiger partial charge in [0, 0.05) is 11.0 Å². The summed E-state index contributed by atoms with van der Waals surface area (Å²) < 4.78 is 0. The van der Waals surface area contributed by atoms with Crippen molar-refractivity contribution in [2.45, 2.75) is 12.2 Å². The Labute approximate surface area is 92.1 Å². The predicted octanol–water partition coefficient (Wildman–Crippen LogP) is -0.288. The molecule has 0 radical (unpaired) electrons. The normalized spacial score (nSPS) is 20.8. The zero-order valence-corrected chi connectivity index (χ0v) is 9.85. The number of rotatable bonds is 4. The van der Waals surface area contributed by atoms with Crippen LogP contribution in [0, 0.1) is 5.41 Å². The molecule has 1 rings (SSSR count). The number of hydrogen-bond acceptors (Lipinski definition) is 6. The van der Waals surface area contributed by atoms with Crippen LogP contribution < -0.4 is 0 Å². The molecule has 1 heterocycles. The molecule has 0 saturated carbocycles. The Hall–Kier alpha value is 0.540. The third kappa shape index (κ3) is 4.86. The van der Waals surface area contributed by atoms with Crippen LogP contribution in [0.5, 0.6) is 0 Å². The van der Waals surface area contributed by atoms with Crippen molar-refractivity contribution >= 4 is 21.6 Å². The Morgan fingerprint density at radius 1 is 1.07 bits per heavy atom. The van der Waals surface area contributed by atoms with Crippen LogP contribution in [0.1, 0.15) is 6.92 Å². The van der Waals surface area contributed by atoms with Crippen molar-refractivity contribution in [1.82, 2.24) is 0 Å². The average molecular weight is 242 g/mol. The molecule has 4 N–H and O–H groups in total. The Morgan fingerprint density at radius 3 is 1.36 bits per heavy atom. The molecule has 14 heavy (non-hydrogen) atoms. The van der Waals surface area contributed by atoms with Gasteiger partial charge in [0.15, 0.2) is 0 Å². The van der Waals surface area contributed by atoms with Crippen LogP contribution in [0.15, 0.2) is 0 Å². The second-order valence-electron chi connectivity index (χ2n) is 3.32. The molecule has 4 nitrogen and oxygen atoms in total. The molecule has 1 fully saturated rings. The standard InChI is InChI=1S/C5H12O4.C3H6S2/c6-1-5(2-7,3-8)4-9;1-3-2-4-5-3/h6-9H,1-4H2;3H,2H2,1H3. The second-order valence-corrected chi connectivity index (χ2v) is 6.17. The lowest BCUT2D eigenvalue weighted by Crippen LogP contribution is -2.37. The Morgan fingerprint density at radius 2 is 1.36 bits per heavy atom. The molecule has 1 aliphatic heterocycles. The van der Waals surface area contributed by atoms with Gasteiger partial charge in [-0.15, -0.1) is 0 Å². The first kappa shape index (κ1) is 14.5.